The van der Waals surface area contributed by atoms with E-state index in [-0.39, 0.29) is 17.3 Å². The number of rotatable bonds is 4. The lowest BCUT2D eigenvalue weighted by Gasteiger charge is -2.21. The van der Waals surface area contributed by atoms with Crippen LogP contribution in [0.2, 0.25) is 0 Å². The fraction of sp³-hybridized carbons (Fsp3) is 0.933. The van der Waals surface area contributed by atoms with Crippen molar-refractivity contribution in [3.8, 4) is 0 Å². The molecule has 2 saturated carbocycles. The molecule has 2 unspecified atom stereocenters. The molecule has 2 atom stereocenters. The highest BCUT2D eigenvalue weighted by Crippen LogP contribution is 2.28. The van der Waals surface area contributed by atoms with E-state index in [1.54, 1.807) is 0 Å². The zero-order valence-electron chi connectivity index (χ0n) is 11.3. The van der Waals surface area contributed by atoms with Crippen LogP contribution in [-0.4, -0.2) is 17.3 Å². The first-order valence-electron chi connectivity index (χ1n) is 7.69. The second-order valence-corrected chi connectivity index (χ2v) is 6.58. The first-order chi connectivity index (χ1) is 8.75. The van der Waals surface area contributed by atoms with Gasteiger partial charge in [-0.15, -0.1) is 11.6 Å². The van der Waals surface area contributed by atoms with Gasteiger partial charge in [0.05, 0.1) is 5.38 Å². The van der Waals surface area contributed by atoms with Crippen molar-refractivity contribution < 1.29 is 4.79 Å². The van der Waals surface area contributed by atoms with E-state index >= 15 is 0 Å². The van der Waals surface area contributed by atoms with Crippen LogP contribution in [0.3, 0.4) is 0 Å². The summed E-state index contributed by atoms with van der Waals surface area (Å²) in [7, 11) is 0. The molecule has 0 bridgehead atoms. The van der Waals surface area contributed by atoms with E-state index in [4.69, 9.17) is 11.6 Å². The predicted octanol–water partition coefficient (Wildman–Crippen LogP) is 4.01. The summed E-state index contributed by atoms with van der Waals surface area (Å²) in [5.41, 5.74) is 0. The average Bonchev–Trinajstić information content (AvgIpc) is 2.80. The second kappa shape index (κ2) is 7.37. The highest BCUT2D eigenvalue weighted by atomic mass is 35.5. The van der Waals surface area contributed by atoms with Gasteiger partial charge in [-0.25, -0.2) is 0 Å². The van der Waals surface area contributed by atoms with E-state index in [1.165, 1.54) is 44.9 Å². The highest BCUT2D eigenvalue weighted by Gasteiger charge is 2.23. The Labute approximate surface area is 116 Å². The van der Waals surface area contributed by atoms with E-state index in [1.807, 2.05) is 0 Å². The molecule has 18 heavy (non-hydrogen) atoms. The Bertz CT molecular complexity index is 263. The lowest BCUT2D eigenvalue weighted by atomic mass is 10.0. The van der Waals surface area contributed by atoms with Crippen LogP contribution < -0.4 is 5.32 Å². The molecule has 2 fully saturated rings. The molecule has 0 heterocycles. The van der Waals surface area contributed by atoms with Crippen LogP contribution in [-0.2, 0) is 4.79 Å². The summed E-state index contributed by atoms with van der Waals surface area (Å²) in [5.74, 6) is 1.02. The number of nitrogens with one attached hydrogen (secondary N) is 1. The summed E-state index contributed by atoms with van der Waals surface area (Å²) >= 11 is 6.34. The van der Waals surface area contributed by atoms with Crippen molar-refractivity contribution >= 4 is 17.5 Å². The Morgan fingerprint density at radius 1 is 1.00 bits per heavy atom. The third-order valence-electron chi connectivity index (χ3n) is 4.53. The monoisotopic (exact) mass is 271 g/mol. The quantitative estimate of drug-likeness (QED) is 0.607. The topological polar surface area (TPSA) is 29.1 Å². The van der Waals surface area contributed by atoms with E-state index in [9.17, 15) is 4.79 Å². The molecule has 0 aromatic heterocycles. The van der Waals surface area contributed by atoms with Gasteiger partial charge in [-0.3, -0.25) is 4.79 Å². The first kappa shape index (κ1) is 14.2. The summed E-state index contributed by atoms with van der Waals surface area (Å²) < 4.78 is 0. The zero-order valence-corrected chi connectivity index (χ0v) is 12.1. The van der Waals surface area contributed by atoms with Crippen molar-refractivity contribution in [2.75, 3.05) is 0 Å². The maximum Gasteiger partial charge on any atom is 0.220 e. The van der Waals surface area contributed by atoms with Gasteiger partial charge in [-0.05, 0) is 25.2 Å². The normalized spacial score (nSPS) is 30.1. The third-order valence-corrected chi connectivity index (χ3v) is 5.05. The van der Waals surface area contributed by atoms with Gasteiger partial charge < -0.3 is 5.32 Å². The fourth-order valence-corrected chi connectivity index (χ4v) is 3.68. The third kappa shape index (κ3) is 4.46. The lowest BCUT2D eigenvalue weighted by Crippen LogP contribution is -2.40. The minimum absolute atomic E-state index is 0.142. The van der Waals surface area contributed by atoms with Crippen LogP contribution in [0.1, 0.15) is 70.6 Å². The Kier molecular flexibility index (Phi) is 5.81. The van der Waals surface area contributed by atoms with Crippen molar-refractivity contribution in [1.29, 1.82) is 0 Å². The van der Waals surface area contributed by atoms with E-state index in [0.717, 1.165) is 25.2 Å². The number of amides is 1. The standard InChI is InChI=1S/C15H26ClNO/c16-13-8-2-1-3-9-14(13)17-15(18)11-10-12-6-4-5-7-12/h12-14H,1-11H2,(H,17,18). The summed E-state index contributed by atoms with van der Waals surface area (Å²) in [6, 6.07) is 0.213. The van der Waals surface area contributed by atoms with Crippen molar-refractivity contribution in [2.24, 2.45) is 5.92 Å². The van der Waals surface area contributed by atoms with Crippen molar-refractivity contribution in [1.82, 2.24) is 5.32 Å². The summed E-state index contributed by atoms with van der Waals surface area (Å²) in [5, 5.41) is 3.30. The Hall–Kier alpha value is -0.240. The molecule has 1 amide bonds. The summed E-state index contributed by atoms with van der Waals surface area (Å²) in [6.45, 7) is 0. The molecule has 0 aromatic carbocycles. The summed E-state index contributed by atoms with van der Waals surface area (Å²) in [6.07, 6.45) is 12.9. The number of carbonyl (C=O) groups is 1. The van der Waals surface area contributed by atoms with Crippen molar-refractivity contribution in [3.05, 3.63) is 0 Å². The molecular weight excluding hydrogens is 246 g/mol. The maximum atomic E-state index is 12.0. The van der Waals surface area contributed by atoms with Crippen molar-refractivity contribution in [2.45, 2.75) is 82.0 Å². The minimum Gasteiger partial charge on any atom is -0.352 e. The minimum atomic E-state index is 0.142. The van der Waals surface area contributed by atoms with E-state index in [0.29, 0.717) is 6.42 Å². The Morgan fingerprint density at radius 3 is 2.44 bits per heavy atom. The largest absolute Gasteiger partial charge is 0.352 e. The van der Waals surface area contributed by atoms with Crippen LogP contribution in [0.25, 0.3) is 0 Å². The number of hydrogen-bond acceptors (Lipinski definition) is 1. The number of hydrogen-bond donors (Lipinski definition) is 1. The van der Waals surface area contributed by atoms with Gasteiger partial charge in [0.2, 0.25) is 5.91 Å². The fourth-order valence-electron chi connectivity index (χ4n) is 3.34. The van der Waals surface area contributed by atoms with Gasteiger partial charge in [0.15, 0.2) is 0 Å². The van der Waals surface area contributed by atoms with Crippen molar-refractivity contribution in [3.63, 3.8) is 0 Å². The first-order valence-corrected chi connectivity index (χ1v) is 8.13. The van der Waals surface area contributed by atoms with Gasteiger partial charge in [-0.1, -0.05) is 44.9 Å². The van der Waals surface area contributed by atoms with Gasteiger partial charge in [0, 0.05) is 12.5 Å². The molecular formula is C15H26ClNO. The molecule has 2 aliphatic carbocycles. The average molecular weight is 272 g/mol. The van der Waals surface area contributed by atoms with Gasteiger partial charge in [0.1, 0.15) is 0 Å². The van der Waals surface area contributed by atoms with Crippen LogP contribution in [0.5, 0.6) is 0 Å². The SMILES string of the molecule is O=C(CCC1CCCC1)NC1CCCCCC1Cl. The van der Waals surface area contributed by atoms with E-state index < -0.39 is 0 Å². The molecule has 2 nitrogen and oxygen atoms in total. The molecule has 0 radical (unpaired) electrons. The molecule has 3 heteroatoms. The number of halogens is 1. The maximum absolute atomic E-state index is 12.0. The second-order valence-electron chi connectivity index (χ2n) is 6.02. The molecule has 0 saturated heterocycles. The molecule has 0 aromatic rings. The molecule has 104 valence electrons. The summed E-state index contributed by atoms with van der Waals surface area (Å²) in [4.78, 5) is 12.0. The van der Waals surface area contributed by atoms with Crippen LogP contribution in [0, 0.1) is 5.92 Å². The predicted molar refractivity (Wildman–Crippen MR) is 75.8 cm³/mol. The van der Waals surface area contributed by atoms with Gasteiger partial charge >= 0.3 is 0 Å². The van der Waals surface area contributed by atoms with Gasteiger partial charge in [-0.2, -0.15) is 0 Å². The van der Waals surface area contributed by atoms with E-state index in [2.05, 4.69) is 5.32 Å². The molecule has 1 N–H and O–H groups in total. The Balaban J connectivity index is 1.68. The molecule has 2 rings (SSSR count). The zero-order chi connectivity index (χ0) is 12.8. The van der Waals surface area contributed by atoms with Crippen LogP contribution in [0.4, 0.5) is 0 Å². The Morgan fingerprint density at radius 2 is 1.67 bits per heavy atom. The molecule has 0 aliphatic heterocycles. The number of alkyl halides is 1. The lowest BCUT2D eigenvalue weighted by molar-refractivity contribution is -0.122. The smallest absolute Gasteiger partial charge is 0.220 e. The van der Waals surface area contributed by atoms with Crippen LogP contribution in [0.15, 0.2) is 0 Å². The highest BCUT2D eigenvalue weighted by molar-refractivity contribution is 6.21. The molecule has 2 aliphatic rings. The van der Waals surface area contributed by atoms with Gasteiger partial charge in [0.25, 0.3) is 0 Å². The number of carbonyl (C=O) groups excluding carboxylic acids is 1. The molecule has 0 spiro atoms. The van der Waals surface area contributed by atoms with Crippen LogP contribution >= 0.6 is 11.6 Å².